The molecule has 0 N–H and O–H groups in total. The Bertz CT molecular complexity index is 909. The highest BCUT2D eigenvalue weighted by atomic mass is 16.5. The number of pyridine rings is 1. The molecule has 0 aliphatic carbocycles. The third-order valence-corrected chi connectivity index (χ3v) is 6.06. The SMILES string of the molecule is COc1ccc2nccc(CC3C[CH]CCCN3CCCc3ccccc3)c2c1. The minimum atomic E-state index is 0.560. The molecular formula is C26H31N2O. The molecule has 0 bridgehead atoms. The number of methoxy groups -OCH3 is 1. The Morgan fingerprint density at radius 1 is 1.10 bits per heavy atom. The predicted molar refractivity (Wildman–Crippen MR) is 120 cm³/mol. The average molecular weight is 388 g/mol. The standard InChI is InChI=1S/C26H31N2O/c1-29-24-13-14-26-25(20-24)22(15-16-27-26)19-23-12-6-3-7-17-28(23)18-8-11-21-9-4-2-5-10-21/h2,4-6,9-10,13-16,20,23H,3,7-8,11-12,17-19H2,1H3. The maximum absolute atomic E-state index is 5.46. The molecule has 0 saturated carbocycles. The van der Waals surface area contributed by atoms with Crippen molar-refractivity contribution in [2.24, 2.45) is 0 Å². The Labute approximate surface area is 174 Å². The largest absolute Gasteiger partial charge is 0.497 e. The first kappa shape index (κ1) is 19.9. The lowest BCUT2D eigenvalue weighted by Crippen LogP contribution is -2.37. The third kappa shape index (κ3) is 5.16. The molecule has 1 aliphatic heterocycles. The Balaban J connectivity index is 1.48. The van der Waals surface area contributed by atoms with Gasteiger partial charge in [0.2, 0.25) is 0 Å². The van der Waals surface area contributed by atoms with Gasteiger partial charge in [-0.05, 0) is 93.4 Å². The number of likely N-dealkylation sites (tertiary alicyclic amines) is 1. The van der Waals surface area contributed by atoms with E-state index in [1.807, 2.05) is 12.3 Å². The molecule has 1 aliphatic rings. The van der Waals surface area contributed by atoms with Crippen molar-refractivity contribution in [1.82, 2.24) is 9.88 Å². The summed E-state index contributed by atoms with van der Waals surface area (Å²) in [5.41, 5.74) is 3.87. The van der Waals surface area contributed by atoms with Gasteiger partial charge < -0.3 is 9.64 Å². The fraction of sp³-hybridized carbons (Fsp3) is 0.385. The van der Waals surface area contributed by atoms with E-state index in [9.17, 15) is 0 Å². The number of hydrogen-bond acceptors (Lipinski definition) is 3. The van der Waals surface area contributed by atoms with Gasteiger partial charge in [-0.15, -0.1) is 0 Å². The van der Waals surface area contributed by atoms with Gasteiger partial charge in [-0.3, -0.25) is 4.98 Å². The molecule has 1 radical (unpaired) electrons. The fourth-order valence-electron chi connectivity index (χ4n) is 4.46. The van der Waals surface area contributed by atoms with Crippen molar-refractivity contribution in [2.45, 2.75) is 44.6 Å². The van der Waals surface area contributed by atoms with Crippen molar-refractivity contribution >= 4 is 10.9 Å². The number of aryl methyl sites for hydroxylation is 1. The van der Waals surface area contributed by atoms with Crippen LogP contribution in [0.1, 0.15) is 36.8 Å². The molecule has 2 heterocycles. The van der Waals surface area contributed by atoms with E-state index in [1.165, 1.54) is 55.3 Å². The van der Waals surface area contributed by atoms with E-state index in [1.54, 1.807) is 7.11 Å². The highest BCUT2D eigenvalue weighted by molar-refractivity contribution is 5.83. The summed E-state index contributed by atoms with van der Waals surface area (Å²) in [6.07, 6.45) is 11.5. The Morgan fingerprint density at radius 3 is 2.86 bits per heavy atom. The van der Waals surface area contributed by atoms with Gasteiger partial charge in [-0.2, -0.15) is 0 Å². The second kappa shape index (κ2) is 9.89. The van der Waals surface area contributed by atoms with Crippen LogP contribution >= 0.6 is 0 Å². The molecule has 1 fully saturated rings. The molecular weight excluding hydrogens is 356 g/mol. The molecule has 4 rings (SSSR count). The molecule has 0 amide bonds. The van der Waals surface area contributed by atoms with Gasteiger partial charge in [0.1, 0.15) is 5.75 Å². The number of hydrogen-bond donors (Lipinski definition) is 0. The predicted octanol–water partition coefficient (Wildman–Crippen LogP) is 5.48. The molecule has 2 aromatic carbocycles. The van der Waals surface area contributed by atoms with Crippen molar-refractivity contribution in [3.8, 4) is 5.75 Å². The van der Waals surface area contributed by atoms with Gasteiger partial charge in [0.25, 0.3) is 0 Å². The van der Waals surface area contributed by atoms with E-state index < -0.39 is 0 Å². The summed E-state index contributed by atoms with van der Waals surface area (Å²) in [4.78, 5) is 7.28. The van der Waals surface area contributed by atoms with E-state index in [-0.39, 0.29) is 0 Å². The van der Waals surface area contributed by atoms with Crippen LogP contribution in [0.15, 0.2) is 60.8 Å². The van der Waals surface area contributed by atoms with Crippen LogP contribution < -0.4 is 4.74 Å². The van der Waals surface area contributed by atoms with E-state index in [0.717, 1.165) is 24.1 Å². The van der Waals surface area contributed by atoms with Gasteiger partial charge in [-0.1, -0.05) is 30.3 Å². The van der Waals surface area contributed by atoms with Crippen molar-refractivity contribution < 1.29 is 4.74 Å². The maximum atomic E-state index is 5.46. The van der Waals surface area contributed by atoms with Gasteiger partial charge in [0.15, 0.2) is 0 Å². The second-order valence-electron chi connectivity index (χ2n) is 8.00. The number of fused-ring (bicyclic) bond motifs is 1. The van der Waals surface area contributed by atoms with Gasteiger partial charge in [0, 0.05) is 17.6 Å². The van der Waals surface area contributed by atoms with Crippen LogP contribution in [-0.4, -0.2) is 36.1 Å². The molecule has 3 nitrogen and oxygen atoms in total. The summed E-state index contributed by atoms with van der Waals surface area (Å²) >= 11 is 0. The van der Waals surface area contributed by atoms with Crippen LogP contribution in [0.2, 0.25) is 0 Å². The van der Waals surface area contributed by atoms with E-state index in [4.69, 9.17) is 4.74 Å². The summed E-state index contributed by atoms with van der Waals surface area (Å²) in [5, 5.41) is 1.22. The second-order valence-corrected chi connectivity index (χ2v) is 8.00. The highest BCUT2D eigenvalue weighted by Gasteiger charge is 2.22. The van der Waals surface area contributed by atoms with Crippen LogP contribution in [0.25, 0.3) is 10.9 Å². The lowest BCUT2D eigenvalue weighted by Gasteiger charge is -2.30. The number of aromatic nitrogens is 1. The van der Waals surface area contributed by atoms with Crippen LogP contribution in [-0.2, 0) is 12.8 Å². The van der Waals surface area contributed by atoms with Gasteiger partial charge in [-0.25, -0.2) is 0 Å². The lowest BCUT2D eigenvalue weighted by molar-refractivity contribution is 0.200. The number of rotatable bonds is 7. The quantitative estimate of drug-likeness (QED) is 0.537. The average Bonchev–Trinajstić information content (AvgIpc) is 2.99. The van der Waals surface area contributed by atoms with E-state index in [0.29, 0.717) is 6.04 Å². The minimum absolute atomic E-state index is 0.560. The molecule has 1 aromatic heterocycles. The van der Waals surface area contributed by atoms with Crippen LogP contribution in [0.3, 0.4) is 0 Å². The molecule has 0 spiro atoms. The van der Waals surface area contributed by atoms with E-state index >= 15 is 0 Å². The highest BCUT2D eigenvalue weighted by Crippen LogP contribution is 2.26. The number of ether oxygens (including phenoxy) is 1. The molecule has 1 unspecified atom stereocenters. The zero-order valence-electron chi connectivity index (χ0n) is 17.4. The zero-order valence-corrected chi connectivity index (χ0v) is 17.4. The van der Waals surface area contributed by atoms with Crippen molar-refractivity contribution in [2.75, 3.05) is 20.2 Å². The first-order valence-corrected chi connectivity index (χ1v) is 10.8. The first-order valence-electron chi connectivity index (χ1n) is 10.8. The molecule has 3 aromatic rings. The maximum Gasteiger partial charge on any atom is 0.119 e. The minimum Gasteiger partial charge on any atom is -0.497 e. The molecule has 151 valence electrons. The fourth-order valence-corrected chi connectivity index (χ4v) is 4.46. The smallest absolute Gasteiger partial charge is 0.119 e. The Hall–Kier alpha value is -2.39. The molecule has 3 heteroatoms. The van der Waals surface area contributed by atoms with Crippen LogP contribution in [0.5, 0.6) is 5.75 Å². The van der Waals surface area contributed by atoms with Gasteiger partial charge >= 0.3 is 0 Å². The van der Waals surface area contributed by atoms with Crippen molar-refractivity contribution in [3.63, 3.8) is 0 Å². The zero-order chi connectivity index (χ0) is 19.9. The summed E-state index contributed by atoms with van der Waals surface area (Å²) in [6, 6.07) is 19.8. The van der Waals surface area contributed by atoms with Gasteiger partial charge in [0.05, 0.1) is 12.6 Å². The first-order chi connectivity index (χ1) is 14.3. The lowest BCUT2D eigenvalue weighted by atomic mass is 9.97. The molecule has 1 atom stereocenters. The molecule has 29 heavy (non-hydrogen) atoms. The summed E-state index contributed by atoms with van der Waals surface area (Å²) in [7, 11) is 1.73. The summed E-state index contributed by atoms with van der Waals surface area (Å²) < 4.78 is 5.46. The topological polar surface area (TPSA) is 25.4 Å². The monoisotopic (exact) mass is 387 g/mol. The third-order valence-electron chi connectivity index (χ3n) is 6.06. The number of benzene rings is 2. The number of nitrogens with zero attached hydrogens (tertiary/aromatic N) is 2. The van der Waals surface area contributed by atoms with Crippen molar-refractivity contribution in [3.05, 3.63) is 78.3 Å². The van der Waals surface area contributed by atoms with Crippen molar-refractivity contribution in [1.29, 1.82) is 0 Å². The van der Waals surface area contributed by atoms with Crippen LogP contribution in [0.4, 0.5) is 0 Å². The van der Waals surface area contributed by atoms with E-state index in [2.05, 4.69) is 64.8 Å². The Morgan fingerprint density at radius 2 is 2.00 bits per heavy atom. The van der Waals surface area contributed by atoms with Crippen LogP contribution in [0, 0.1) is 6.42 Å². The normalized spacial score (nSPS) is 17.9. The summed E-state index contributed by atoms with van der Waals surface area (Å²) in [5.74, 6) is 0.902. The Kier molecular flexibility index (Phi) is 6.79. The summed E-state index contributed by atoms with van der Waals surface area (Å²) in [6.45, 7) is 2.36. The molecule has 1 saturated heterocycles.